The molecule has 20 heavy (non-hydrogen) atoms. The molecule has 0 bridgehead atoms. The molecule has 9 heteroatoms. The fourth-order valence-corrected chi connectivity index (χ4v) is 3.90. The molecule has 2 heterocycles. The molecule has 1 atom stereocenters. The van der Waals surface area contributed by atoms with Gasteiger partial charge in [0, 0.05) is 6.04 Å². The minimum Gasteiger partial charge on any atom is -0.347 e. The summed E-state index contributed by atoms with van der Waals surface area (Å²) in [6, 6.07) is 2.62. The molecule has 2 rings (SSSR count). The van der Waals surface area contributed by atoms with E-state index in [4.69, 9.17) is 17.4 Å². The molecule has 1 unspecified atom stereocenters. The van der Waals surface area contributed by atoms with Crippen molar-refractivity contribution in [3.05, 3.63) is 22.8 Å². The largest absolute Gasteiger partial charge is 0.347 e. The molecule has 1 amide bonds. The molecule has 1 saturated heterocycles. The second kappa shape index (κ2) is 5.94. The number of halogens is 1. The number of hydrazine groups is 1. The number of carbonyl (C=O) groups excluding carboxylic acids is 1. The highest BCUT2D eigenvalue weighted by Gasteiger charge is 2.27. The molecule has 0 aliphatic carbocycles. The second-order valence-electron chi connectivity index (χ2n) is 4.60. The number of nitrogens with one attached hydrogen (secondary N) is 2. The predicted molar refractivity (Wildman–Crippen MR) is 76.2 cm³/mol. The lowest BCUT2D eigenvalue weighted by Gasteiger charge is -2.23. The quantitative estimate of drug-likeness (QED) is 0.546. The van der Waals surface area contributed by atoms with Crippen LogP contribution in [-0.4, -0.2) is 36.9 Å². The van der Waals surface area contributed by atoms with Crippen molar-refractivity contribution in [1.82, 2.24) is 10.3 Å². The van der Waals surface area contributed by atoms with Gasteiger partial charge < -0.3 is 10.7 Å². The maximum Gasteiger partial charge on any atom is 0.271 e. The van der Waals surface area contributed by atoms with Crippen molar-refractivity contribution in [2.24, 2.45) is 5.84 Å². The van der Waals surface area contributed by atoms with Crippen LogP contribution in [-0.2, 0) is 9.84 Å². The number of nitrogens with two attached hydrogens (primary N) is 1. The van der Waals surface area contributed by atoms with E-state index in [0.717, 1.165) is 0 Å². The predicted octanol–water partition coefficient (Wildman–Crippen LogP) is 0.328. The average Bonchev–Trinajstić information content (AvgIpc) is 2.38. The van der Waals surface area contributed by atoms with E-state index >= 15 is 0 Å². The van der Waals surface area contributed by atoms with Crippen molar-refractivity contribution in [3.63, 3.8) is 0 Å². The highest BCUT2D eigenvalue weighted by molar-refractivity contribution is 7.91. The summed E-state index contributed by atoms with van der Waals surface area (Å²) in [6.07, 6.45) is 1.16. The number of rotatable bonds is 3. The van der Waals surface area contributed by atoms with Gasteiger partial charge in [-0.05, 0) is 25.0 Å². The van der Waals surface area contributed by atoms with Gasteiger partial charge in [-0.25, -0.2) is 19.2 Å². The molecule has 1 aromatic rings. The molecule has 1 aliphatic heterocycles. The van der Waals surface area contributed by atoms with Gasteiger partial charge in [-0.15, -0.1) is 0 Å². The topological polar surface area (TPSA) is 114 Å². The number of amides is 1. The molecule has 7 nitrogen and oxygen atoms in total. The Bertz CT molecular complexity index is 620. The lowest BCUT2D eigenvalue weighted by molar-refractivity contribution is 0.0933. The van der Waals surface area contributed by atoms with E-state index in [1.807, 2.05) is 0 Å². The van der Waals surface area contributed by atoms with Crippen LogP contribution >= 0.6 is 11.6 Å². The van der Waals surface area contributed by atoms with Gasteiger partial charge in [-0.3, -0.25) is 4.79 Å². The number of hydrogen-bond acceptors (Lipinski definition) is 6. The number of sulfone groups is 1. The summed E-state index contributed by atoms with van der Waals surface area (Å²) in [4.78, 5) is 16.1. The van der Waals surface area contributed by atoms with Crippen molar-refractivity contribution in [2.75, 3.05) is 16.9 Å². The van der Waals surface area contributed by atoms with Gasteiger partial charge in [0.25, 0.3) is 5.91 Å². The molecule has 110 valence electrons. The van der Waals surface area contributed by atoms with Gasteiger partial charge in [-0.1, -0.05) is 11.6 Å². The molecule has 1 aromatic heterocycles. The van der Waals surface area contributed by atoms with Crippen molar-refractivity contribution in [1.29, 1.82) is 0 Å². The van der Waals surface area contributed by atoms with Crippen LogP contribution in [0.1, 0.15) is 23.3 Å². The van der Waals surface area contributed by atoms with Gasteiger partial charge >= 0.3 is 0 Å². The van der Waals surface area contributed by atoms with Crippen LogP contribution in [0.15, 0.2) is 12.1 Å². The number of hydrogen-bond donors (Lipinski definition) is 3. The highest BCUT2D eigenvalue weighted by atomic mass is 35.5. The number of pyridine rings is 1. The van der Waals surface area contributed by atoms with Crippen molar-refractivity contribution in [3.8, 4) is 0 Å². The Morgan fingerprint density at radius 1 is 1.45 bits per heavy atom. The monoisotopic (exact) mass is 318 g/mol. The first-order valence-corrected chi connectivity index (χ1v) is 8.25. The third kappa shape index (κ3) is 3.59. The molecule has 0 saturated carbocycles. The van der Waals surface area contributed by atoms with Gasteiger partial charge in [0.2, 0.25) is 0 Å². The number of carbonyl (C=O) groups is 1. The first kappa shape index (κ1) is 15.0. The van der Waals surface area contributed by atoms with Crippen LogP contribution in [0.4, 0.5) is 5.82 Å². The molecule has 0 spiro atoms. The molecular formula is C11H15ClN4O3S. The molecule has 4 N–H and O–H groups in total. The third-order valence-electron chi connectivity index (χ3n) is 3.01. The zero-order chi connectivity index (χ0) is 14.8. The van der Waals surface area contributed by atoms with Crippen molar-refractivity contribution in [2.45, 2.75) is 18.9 Å². The third-order valence-corrected chi connectivity index (χ3v) is 5.13. The summed E-state index contributed by atoms with van der Waals surface area (Å²) in [5.41, 5.74) is 2.34. The highest BCUT2D eigenvalue weighted by Crippen LogP contribution is 2.18. The summed E-state index contributed by atoms with van der Waals surface area (Å²) in [7, 11) is -3.08. The number of nitrogens with zero attached hydrogens (tertiary/aromatic N) is 1. The first-order chi connectivity index (χ1) is 9.41. The molecular weight excluding hydrogens is 304 g/mol. The van der Waals surface area contributed by atoms with Gasteiger partial charge in [0.05, 0.1) is 16.5 Å². The number of aromatic nitrogens is 1. The zero-order valence-corrected chi connectivity index (χ0v) is 12.2. The summed E-state index contributed by atoms with van der Waals surface area (Å²) in [6.45, 7) is 0. The Balaban J connectivity index is 2.12. The van der Waals surface area contributed by atoms with Gasteiger partial charge in [0.15, 0.2) is 9.84 Å². The van der Waals surface area contributed by atoms with E-state index in [0.29, 0.717) is 18.7 Å². The lowest BCUT2D eigenvalue weighted by atomic mass is 10.2. The number of anilines is 1. The summed E-state index contributed by atoms with van der Waals surface area (Å²) in [5.74, 6) is 5.14. The van der Waals surface area contributed by atoms with Crippen molar-refractivity contribution >= 4 is 33.2 Å². The molecule has 0 radical (unpaired) electrons. The molecule has 0 aromatic carbocycles. The minimum absolute atomic E-state index is 0.0186. The van der Waals surface area contributed by atoms with Crippen molar-refractivity contribution < 1.29 is 13.2 Å². The number of nitrogen functional groups attached to an aromatic ring is 1. The van der Waals surface area contributed by atoms with E-state index in [2.05, 4.69) is 15.7 Å². The smallest absolute Gasteiger partial charge is 0.271 e. The van der Waals surface area contributed by atoms with E-state index in [1.54, 1.807) is 0 Å². The van der Waals surface area contributed by atoms with Crippen LogP contribution in [0.5, 0.6) is 0 Å². The minimum atomic E-state index is -3.08. The van der Waals surface area contributed by atoms with Crippen LogP contribution < -0.4 is 16.6 Å². The standard InChI is InChI=1S/C11H15ClN4O3S/c12-8-3-4-9(16-13)15-10(8)11(17)14-7-2-1-5-20(18,19)6-7/h3-4,7H,1-2,5-6,13H2,(H,14,17)(H,15,16). The normalized spacial score (nSPS) is 21.2. The Labute approximate surface area is 121 Å². The fourth-order valence-electron chi connectivity index (χ4n) is 2.07. The maximum absolute atomic E-state index is 12.1. The average molecular weight is 319 g/mol. The Hall–Kier alpha value is -1.38. The van der Waals surface area contributed by atoms with Crippen LogP contribution in [0.3, 0.4) is 0 Å². The second-order valence-corrected chi connectivity index (χ2v) is 7.23. The van der Waals surface area contributed by atoms with E-state index in [9.17, 15) is 13.2 Å². The van der Waals surface area contributed by atoms with E-state index in [1.165, 1.54) is 12.1 Å². The Kier molecular flexibility index (Phi) is 4.46. The van der Waals surface area contributed by atoms with E-state index in [-0.39, 0.29) is 22.2 Å². The Morgan fingerprint density at radius 2 is 2.20 bits per heavy atom. The maximum atomic E-state index is 12.1. The molecule has 1 fully saturated rings. The van der Waals surface area contributed by atoms with E-state index < -0.39 is 21.8 Å². The zero-order valence-electron chi connectivity index (χ0n) is 10.6. The fraction of sp³-hybridized carbons (Fsp3) is 0.455. The van der Waals surface area contributed by atoms with Crippen LogP contribution in [0.25, 0.3) is 0 Å². The van der Waals surface area contributed by atoms with Gasteiger partial charge in [-0.2, -0.15) is 0 Å². The SMILES string of the molecule is NNc1ccc(Cl)c(C(=O)NC2CCCS(=O)(=O)C2)n1. The summed E-state index contributed by atoms with van der Waals surface area (Å²) in [5, 5.41) is 2.83. The lowest BCUT2D eigenvalue weighted by Crippen LogP contribution is -2.43. The van der Waals surface area contributed by atoms with Gasteiger partial charge in [0.1, 0.15) is 11.5 Å². The molecule has 1 aliphatic rings. The Morgan fingerprint density at radius 3 is 2.85 bits per heavy atom. The summed E-state index contributed by atoms with van der Waals surface area (Å²) < 4.78 is 23.1. The first-order valence-electron chi connectivity index (χ1n) is 6.06. The van der Waals surface area contributed by atoms with Crippen LogP contribution in [0, 0.1) is 0 Å². The summed E-state index contributed by atoms with van der Waals surface area (Å²) >= 11 is 5.91. The van der Waals surface area contributed by atoms with Crippen LogP contribution in [0.2, 0.25) is 5.02 Å².